The van der Waals surface area contributed by atoms with E-state index in [2.05, 4.69) is 0 Å². The second-order valence-corrected chi connectivity index (χ2v) is 3.93. The van der Waals surface area contributed by atoms with E-state index in [0.29, 0.717) is 11.7 Å². The Morgan fingerprint density at radius 3 is 2.77 bits per heavy atom. The third kappa shape index (κ3) is 1.68. The minimum Gasteiger partial charge on any atom is -0.508 e. The van der Waals surface area contributed by atoms with Crippen molar-refractivity contribution in [2.45, 2.75) is 25.8 Å². The molecule has 1 fully saturated rings. The summed E-state index contributed by atoms with van der Waals surface area (Å²) in [4.78, 5) is 0. The van der Waals surface area contributed by atoms with Crippen LogP contribution in [-0.2, 0) is 0 Å². The molecular formula is C11H15NO. The fraction of sp³-hybridized carbons (Fsp3) is 0.455. The van der Waals surface area contributed by atoms with E-state index in [1.165, 1.54) is 12.8 Å². The van der Waals surface area contributed by atoms with E-state index < -0.39 is 0 Å². The van der Waals surface area contributed by atoms with Crippen LogP contribution in [0, 0.1) is 12.8 Å². The van der Waals surface area contributed by atoms with E-state index in [1.807, 2.05) is 19.1 Å². The number of benzene rings is 1. The summed E-state index contributed by atoms with van der Waals surface area (Å²) in [5.74, 6) is 0.928. The molecule has 1 saturated carbocycles. The molecule has 1 aromatic rings. The van der Waals surface area contributed by atoms with Crippen LogP contribution in [0.4, 0.5) is 0 Å². The fourth-order valence-electron chi connectivity index (χ4n) is 1.65. The number of aryl methyl sites for hydroxylation is 1. The summed E-state index contributed by atoms with van der Waals surface area (Å²) in [6, 6.07) is 5.64. The van der Waals surface area contributed by atoms with Crippen molar-refractivity contribution in [1.82, 2.24) is 0 Å². The van der Waals surface area contributed by atoms with Gasteiger partial charge in [0.05, 0.1) is 0 Å². The van der Waals surface area contributed by atoms with Crippen molar-refractivity contribution in [3.8, 4) is 5.75 Å². The Hall–Kier alpha value is -1.02. The van der Waals surface area contributed by atoms with E-state index in [9.17, 15) is 5.11 Å². The standard InChI is InChI=1S/C11H15NO/c1-7-2-5-10(13)9(6-7)11(12)8-3-4-8/h2,5-6,8,11,13H,3-4,12H2,1H3. The van der Waals surface area contributed by atoms with Crippen LogP contribution in [0.1, 0.15) is 30.0 Å². The molecule has 0 spiro atoms. The molecule has 0 bridgehead atoms. The van der Waals surface area contributed by atoms with Crippen molar-refractivity contribution >= 4 is 0 Å². The number of nitrogens with two attached hydrogens (primary N) is 1. The predicted molar refractivity (Wildman–Crippen MR) is 52.5 cm³/mol. The molecule has 1 aromatic carbocycles. The molecule has 0 saturated heterocycles. The lowest BCUT2D eigenvalue weighted by Crippen LogP contribution is -2.12. The number of rotatable bonds is 2. The van der Waals surface area contributed by atoms with Gasteiger partial charge in [0.2, 0.25) is 0 Å². The first-order valence-electron chi connectivity index (χ1n) is 4.73. The van der Waals surface area contributed by atoms with E-state index in [-0.39, 0.29) is 6.04 Å². The topological polar surface area (TPSA) is 46.2 Å². The van der Waals surface area contributed by atoms with Gasteiger partial charge in [0.15, 0.2) is 0 Å². The molecular weight excluding hydrogens is 162 g/mol. The smallest absolute Gasteiger partial charge is 0.120 e. The van der Waals surface area contributed by atoms with Gasteiger partial charge in [-0.3, -0.25) is 0 Å². The van der Waals surface area contributed by atoms with E-state index in [1.54, 1.807) is 6.07 Å². The SMILES string of the molecule is Cc1ccc(O)c(C(N)C2CC2)c1. The zero-order valence-electron chi connectivity index (χ0n) is 7.83. The predicted octanol–water partition coefficient (Wildman–Crippen LogP) is 2.11. The van der Waals surface area contributed by atoms with Crippen LogP contribution >= 0.6 is 0 Å². The molecule has 2 heteroatoms. The van der Waals surface area contributed by atoms with Crippen LogP contribution in [0.3, 0.4) is 0 Å². The number of hydrogen-bond acceptors (Lipinski definition) is 2. The third-order valence-corrected chi connectivity index (χ3v) is 2.67. The summed E-state index contributed by atoms with van der Waals surface area (Å²) in [6.07, 6.45) is 2.41. The zero-order valence-corrected chi connectivity index (χ0v) is 7.83. The lowest BCUT2D eigenvalue weighted by atomic mass is 10.0. The molecule has 2 rings (SSSR count). The molecule has 0 aromatic heterocycles. The molecule has 0 amide bonds. The highest BCUT2D eigenvalue weighted by Crippen LogP contribution is 2.41. The minimum atomic E-state index is 0.0277. The first kappa shape index (κ1) is 8.57. The lowest BCUT2D eigenvalue weighted by molar-refractivity contribution is 0.456. The first-order chi connectivity index (χ1) is 6.18. The van der Waals surface area contributed by atoms with Crippen LogP contribution in [0.15, 0.2) is 18.2 Å². The summed E-state index contributed by atoms with van der Waals surface area (Å²) in [7, 11) is 0. The molecule has 0 radical (unpaired) electrons. The first-order valence-corrected chi connectivity index (χ1v) is 4.73. The second-order valence-electron chi connectivity index (χ2n) is 3.93. The van der Waals surface area contributed by atoms with Gasteiger partial charge in [-0.05, 0) is 31.7 Å². The number of aromatic hydroxyl groups is 1. The van der Waals surface area contributed by atoms with Crippen molar-refractivity contribution in [2.75, 3.05) is 0 Å². The van der Waals surface area contributed by atoms with Gasteiger partial charge in [0.25, 0.3) is 0 Å². The summed E-state index contributed by atoms with van der Waals surface area (Å²) in [6.45, 7) is 2.02. The van der Waals surface area contributed by atoms with Gasteiger partial charge in [0, 0.05) is 11.6 Å². The molecule has 1 aliphatic carbocycles. The maximum absolute atomic E-state index is 9.60. The molecule has 3 N–H and O–H groups in total. The highest BCUT2D eigenvalue weighted by Gasteiger charge is 2.30. The maximum Gasteiger partial charge on any atom is 0.120 e. The van der Waals surface area contributed by atoms with E-state index in [4.69, 9.17) is 5.73 Å². The molecule has 1 unspecified atom stereocenters. The highest BCUT2D eigenvalue weighted by molar-refractivity contribution is 5.38. The summed E-state index contributed by atoms with van der Waals surface area (Å²) in [5.41, 5.74) is 8.07. The van der Waals surface area contributed by atoms with Gasteiger partial charge in [-0.2, -0.15) is 0 Å². The molecule has 0 heterocycles. The molecule has 1 aliphatic rings. The fourth-order valence-corrected chi connectivity index (χ4v) is 1.65. The molecule has 70 valence electrons. The van der Waals surface area contributed by atoms with Gasteiger partial charge in [-0.25, -0.2) is 0 Å². The number of phenols is 1. The second kappa shape index (κ2) is 3.04. The minimum absolute atomic E-state index is 0.0277. The Bertz CT molecular complexity index is 318. The molecule has 0 aliphatic heterocycles. The van der Waals surface area contributed by atoms with E-state index in [0.717, 1.165) is 11.1 Å². The van der Waals surface area contributed by atoms with E-state index >= 15 is 0 Å². The molecule has 1 atom stereocenters. The summed E-state index contributed by atoms with van der Waals surface area (Å²) < 4.78 is 0. The van der Waals surface area contributed by atoms with Crippen LogP contribution in [0.25, 0.3) is 0 Å². The monoisotopic (exact) mass is 177 g/mol. The van der Waals surface area contributed by atoms with Gasteiger partial charge >= 0.3 is 0 Å². The number of hydrogen-bond donors (Lipinski definition) is 2. The van der Waals surface area contributed by atoms with Crippen molar-refractivity contribution < 1.29 is 5.11 Å². The maximum atomic E-state index is 9.60. The lowest BCUT2D eigenvalue weighted by Gasteiger charge is -2.13. The van der Waals surface area contributed by atoms with Gasteiger partial charge in [-0.1, -0.05) is 17.7 Å². The van der Waals surface area contributed by atoms with Gasteiger partial charge in [0.1, 0.15) is 5.75 Å². The average molecular weight is 177 g/mol. The average Bonchev–Trinajstić information content (AvgIpc) is 2.91. The quantitative estimate of drug-likeness (QED) is 0.726. The molecule has 13 heavy (non-hydrogen) atoms. The summed E-state index contributed by atoms with van der Waals surface area (Å²) >= 11 is 0. The highest BCUT2D eigenvalue weighted by atomic mass is 16.3. The third-order valence-electron chi connectivity index (χ3n) is 2.67. The van der Waals surface area contributed by atoms with Gasteiger partial charge in [-0.15, -0.1) is 0 Å². The number of phenolic OH excluding ortho intramolecular Hbond substituents is 1. The van der Waals surface area contributed by atoms with Crippen molar-refractivity contribution in [2.24, 2.45) is 11.7 Å². The van der Waals surface area contributed by atoms with Crippen LogP contribution < -0.4 is 5.73 Å². The molecule has 2 nitrogen and oxygen atoms in total. The normalized spacial score (nSPS) is 18.6. The van der Waals surface area contributed by atoms with Crippen molar-refractivity contribution in [3.05, 3.63) is 29.3 Å². The van der Waals surface area contributed by atoms with Crippen molar-refractivity contribution in [3.63, 3.8) is 0 Å². The van der Waals surface area contributed by atoms with Crippen LogP contribution in [-0.4, -0.2) is 5.11 Å². The Labute approximate surface area is 78.4 Å². The van der Waals surface area contributed by atoms with Gasteiger partial charge < -0.3 is 10.8 Å². The zero-order chi connectivity index (χ0) is 9.42. The van der Waals surface area contributed by atoms with Crippen molar-refractivity contribution in [1.29, 1.82) is 0 Å². The largest absolute Gasteiger partial charge is 0.508 e. The Morgan fingerprint density at radius 2 is 2.15 bits per heavy atom. The Morgan fingerprint density at radius 1 is 1.46 bits per heavy atom. The van der Waals surface area contributed by atoms with Crippen LogP contribution in [0.2, 0.25) is 0 Å². The Kier molecular flexibility index (Phi) is 2.00. The summed E-state index contributed by atoms with van der Waals surface area (Å²) in [5, 5.41) is 9.60. The Balaban J connectivity index is 2.31. The van der Waals surface area contributed by atoms with Crippen LogP contribution in [0.5, 0.6) is 5.75 Å².